The van der Waals surface area contributed by atoms with Crippen LogP contribution in [0.4, 0.5) is 0 Å². The van der Waals surface area contributed by atoms with Gasteiger partial charge in [0.15, 0.2) is 0 Å². The van der Waals surface area contributed by atoms with Crippen molar-refractivity contribution in [3.63, 3.8) is 0 Å². The second-order valence-corrected chi connectivity index (χ2v) is 6.86. The average molecular weight is 195 g/mol. The van der Waals surface area contributed by atoms with Crippen molar-refractivity contribution in [3.05, 3.63) is 0 Å². The molecule has 0 saturated heterocycles. The zero-order valence-corrected chi connectivity index (χ0v) is 8.86. The molecule has 0 aromatic carbocycles. The predicted octanol–water partition coefficient (Wildman–Crippen LogP) is 2.40. The first-order chi connectivity index (χ1) is 5.23. The highest BCUT2D eigenvalue weighted by molar-refractivity contribution is 7.14. The minimum atomic E-state index is -2.24. The van der Waals surface area contributed by atoms with Crippen LogP contribution in [0.3, 0.4) is 0 Å². The van der Waals surface area contributed by atoms with Crippen LogP contribution in [0.2, 0.25) is 5.54 Å². The average Bonchev–Trinajstić information content (AvgIpc) is 2.68. The van der Waals surface area contributed by atoms with Crippen molar-refractivity contribution in [3.8, 4) is 0 Å². The summed E-state index contributed by atoms with van der Waals surface area (Å²) in [5.41, 5.74) is 0.545. The van der Waals surface area contributed by atoms with Crippen molar-refractivity contribution < 1.29 is 8.85 Å². The molecule has 66 valence electrons. The molecule has 1 fully saturated rings. The first kappa shape index (κ1) is 9.51. The minimum Gasteiger partial charge on any atom is -0.383 e. The molecule has 0 aliphatic heterocycles. The normalized spacial score (nSPS) is 18.8. The second kappa shape index (κ2) is 3.89. The van der Waals surface area contributed by atoms with Gasteiger partial charge in [-0.2, -0.15) is 0 Å². The molecule has 4 heteroatoms. The molecule has 1 saturated carbocycles. The van der Waals surface area contributed by atoms with Crippen LogP contribution in [0.5, 0.6) is 0 Å². The maximum atomic E-state index is 6.23. The van der Waals surface area contributed by atoms with E-state index in [2.05, 4.69) is 0 Å². The molecule has 0 bridgehead atoms. The van der Waals surface area contributed by atoms with Crippen LogP contribution in [-0.4, -0.2) is 21.1 Å². The molecule has 0 unspecified atom stereocenters. The van der Waals surface area contributed by atoms with Crippen LogP contribution < -0.4 is 0 Å². The summed E-state index contributed by atoms with van der Waals surface area (Å²) >= 11 is 6.23. The smallest absolute Gasteiger partial charge is 0.383 e. The van der Waals surface area contributed by atoms with E-state index < -0.39 is 7.87 Å². The lowest BCUT2D eigenvalue weighted by atomic mass is 10.9. The van der Waals surface area contributed by atoms with Gasteiger partial charge in [-0.05, 0) is 26.7 Å². The van der Waals surface area contributed by atoms with Crippen molar-refractivity contribution in [2.45, 2.75) is 32.2 Å². The van der Waals surface area contributed by atoms with Crippen LogP contribution >= 0.6 is 11.1 Å². The van der Waals surface area contributed by atoms with Crippen molar-refractivity contribution in [2.75, 3.05) is 13.2 Å². The van der Waals surface area contributed by atoms with Crippen LogP contribution in [0.1, 0.15) is 26.7 Å². The lowest BCUT2D eigenvalue weighted by Gasteiger charge is -2.22. The van der Waals surface area contributed by atoms with E-state index in [1.165, 1.54) is 12.8 Å². The van der Waals surface area contributed by atoms with Gasteiger partial charge in [0.2, 0.25) is 0 Å². The molecule has 0 amide bonds. The topological polar surface area (TPSA) is 18.5 Å². The second-order valence-electron chi connectivity index (χ2n) is 2.72. The summed E-state index contributed by atoms with van der Waals surface area (Å²) in [4.78, 5) is 0. The van der Waals surface area contributed by atoms with Gasteiger partial charge in [-0.3, -0.25) is 0 Å². The van der Waals surface area contributed by atoms with Gasteiger partial charge in [0.05, 0.1) is 0 Å². The number of hydrogen-bond acceptors (Lipinski definition) is 2. The Bertz CT molecular complexity index is 122. The Balaban J connectivity index is 2.39. The van der Waals surface area contributed by atoms with Gasteiger partial charge < -0.3 is 8.85 Å². The lowest BCUT2D eigenvalue weighted by molar-refractivity contribution is 0.201. The van der Waals surface area contributed by atoms with Gasteiger partial charge in [-0.15, -0.1) is 0 Å². The van der Waals surface area contributed by atoms with Gasteiger partial charge in [0.25, 0.3) is 0 Å². The van der Waals surface area contributed by atoms with Crippen molar-refractivity contribution in [1.29, 1.82) is 0 Å². The first-order valence-corrected chi connectivity index (χ1v) is 7.10. The quantitative estimate of drug-likeness (QED) is 0.495. The Labute approximate surface area is 73.8 Å². The molecule has 0 aromatic heterocycles. The molecule has 0 atom stereocenters. The Morgan fingerprint density at radius 1 is 1.27 bits per heavy atom. The fourth-order valence-electron chi connectivity index (χ4n) is 1.10. The summed E-state index contributed by atoms with van der Waals surface area (Å²) < 4.78 is 11.0. The molecular formula is C7H15ClO2Si. The fraction of sp³-hybridized carbons (Fsp3) is 1.00. The predicted molar refractivity (Wildman–Crippen MR) is 47.8 cm³/mol. The highest BCUT2D eigenvalue weighted by atomic mass is 35.6. The Kier molecular flexibility index (Phi) is 3.37. The number of hydrogen-bond donors (Lipinski definition) is 0. The summed E-state index contributed by atoms with van der Waals surface area (Å²) in [7, 11) is -2.24. The lowest BCUT2D eigenvalue weighted by Crippen LogP contribution is -2.36. The molecule has 2 nitrogen and oxygen atoms in total. The summed E-state index contributed by atoms with van der Waals surface area (Å²) in [6.45, 7) is 5.27. The molecule has 0 N–H and O–H groups in total. The number of rotatable bonds is 5. The van der Waals surface area contributed by atoms with E-state index in [1.54, 1.807) is 0 Å². The highest BCUT2D eigenvalue weighted by Gasteiger charge is 2.51. The van der Waals surface area contributed by atoms with Gasteiger partial charge in [0, 0.05) is 18.8 Å². The van der Waals surface area contributed by atoms with E-state index in [4.69, 9.17) is 19.9 Å². The van der Waals surface area contributed by atoms with Crippen molar-refractivity contribution in [2.24, 2.45) is 0 Å². The Morgan fingerprint density at radius 2 is 1.73 bits per heavy atom. The number of halogens is 1. The third kappa shape index (κ3) is 2.44. The Hall–Kier alpha value is 0.427. The zero-order chi connectivity index (χ0) is 8.32. The molecular weight excluding hydrogens is 180 g/mol. The van der Waals surface area contributed by atoms with E-state index in [-0.39, 0.29) is 0 Å². The van der Waals surface area contributed by atoms with E-state index in [1.807, 2.05) is 13.8 Å². The van der Waals surface area contributed by atoms with Crippen LogP contribution in [-0.2, 0) is 8.85 Å². The third-order valence-corrected chi connectivity index (χ3v) is 6.24. The summed E-state index contributed by atoms with van der Waals surface area (Å²) in [6, 6.07) is 0. The van der Waals surface area contributed by atoms with Crippen LogP contribution in [0, 0.1) is 0 Å². The van der Waals surface area contributed by atoms with E-state index >= 15 is 0 Å². The van der Waals surface area contributed by atoms with Crippen molar-refractivity contribution >= 4 is 18.9 Å². The summed E-state index contributed by atoms with van der Waals surface area (Å²) in [6.07, 6.45) is 2.38. The summed E-state index contributed by atoms with van der Waals surface area (Å²) in [5.74, 6) is 0. The van der Waals surface area contributed by atoms with E-state index in [0.29, 0.717) is 18.8 Å². The van der Waals surface area contributed by atoms with E-state index in [0.717, 1.165) is 0 Å². The maximum Gasteiger partial charge on any atom is 0.446 e. The SMILES string of the molecule is CCO[Si](Cl)(OCC)C1CC1. The molecule has 1 rings (SSSR count). The Morgan fingerprint density at radius 3 is 2.00 bits per heavy atom. The van der Waals surface area contributed by atoms with Gasteiger partial charge in [0.1, 0.15) is 0 Å². The largest absolute Gasteiger partial charge is 0.446 e. The zero-order valence-electron chi connectivity index (χ0n) is 7.10. The van der Waals surface area contributed by atoms with Gasteiger partial charge in [-0.25, -0.2) is 0 Å². The highest BCUT2D eigenvalue weighted by Crippen LogP contribution is 2.47. The monoisotopic (exact) mass is 194 g/mol. The maximum absolute atomic E-state index is 6.23. The third-order valence-electron chi connectivity index (χ3n) is 1.75. The molecule has 1 aliphatic rings. The standard InChI is InChI=1S/C7H15ClO2Si/c1-3-9-11(8,10-4-2)7-5-6-7/h7H,3-6H2,1-2H3. The molecule has 0 aromatic rings. The van der Waals surface area contributed by atoms with Crippen molar-refractivity contribution in [1.82, 2.24) is 0 Å². The minimum absolute atomic E-state index is 0.545. The first-order valence-electron chi connectivity index (χ1n) is 4.19. The van der Waals surface area contributed by atoms with Crippen LogP contribution in [0.15, 0.2) is 0 Å². The fourth-order valence-corrected chi connectivity index (χ4v) is 4.61. The molecule has 0 radical (unpaired) electrons. The van der Waals surface area contributed by atoms with Gasteiger partial charge >= 0.3 is 7.87 Å². The molecule has 11 heavy (non-hydrogen) atoms. The summed E-state index contributed by atoms with van der Waals surface area (Å²) in [5, 5.41) is 0. The van der Waals surface area contributed by atoms with E-state index in [9.17, 15) is 0 Å². The molecule has 0 spiro atoms. The molecule has 1 aliphatic carbocycles. The van der Waals surface area contributed by atoms with Gasteiger partial charge in [-0.1, -0.05) is 11.1 Å². The van der Waals surface area contributed by atoms with Crippen LogP contribution in [0.25, 0.3) is 0 Å². The molecule has 0 heterocycles.